The van der Waals surface area contributed by atoms with Crippen LogP contribution in [0, 0.1) is 0 Å². The van der Waals surface area contributed by atoms with E-state index < -0.39 is 6.04 Å². The molecular weight excluding hydrogens is 438 g/mol. The van der Waals surface area contributed by atoms with Crippen LogP contribution < -0.4 is 10.1 Å². The lowest BCUT2D eigenvalue weighted by molar-refractivity contribution is -0.126. The number of benzene rings is 3. The van der Waals surface area contributed by atoms with Crippen molar-refractivity contribution in [3.05, 3.63) is 126 Å². The standard InChI is InChI=1S/C29H27N3O3/c1-2-16-32-25-19-31(18-21-10-5-3-6-11-21)28(33)26(25)27(30-29(32)34)23-14-9-15-24(17-23)35-20-22-12-7-4-8-13-22/h2-15,17,27H,1,16,18-20H2,(H,30,34)/t27-/m1/s1. The Labute approximate surface area is 205 Å². The smallest absolute Gasteiger partial charge is 0.322 e. The van der Waals surface area contributed by atoms with Gasteiger partial charge in [0.25, 0.3) is 5.91 Å². The van der Waals surface area contributed by atoms with Crippen LogP contribution in [0.4, 0.5) is 4.79 Å². The molecule has 0 saturated carbocycles. The maximum atomic E-state index is 13.6. The minimum Gasteiger partial charge on any atom is -0.489 e. The van der Waals surface area contributed by atoms with E-state index in [0.29, 0.717) is 37.6 Å². The molecule has 1 atom stereocenters. The Bertz CT molecular complexity index is 1270. The molecule has 3 aromatic rings. The van der Waals surface area contributed by atoms with Crippen molar-refractivity contribution in [2.24, 2.45) is 0 Å². The van der Waals surface area contributed by atoms with Gasteiger partial charge in [0, 0.05) is 13.1 Å². The average Bonchev–Trinajstić information content (AvgIpc) is 3.21. The molecule has 1 N–H and O–H groups in total. The van der Waals surface area contributed by atoms with Crippen LogP contribution in [0.3, 0.4) is 0 Å². The van der Waals surface area contributed by atoms with E-state index in [0.717, 1.165) is 22.4 Å². The fourth-order valence-electron chi connectivity index (χ4n) is 4.58. The van der Waals surface area contributed by atoms with E-state index >= 15 is 0 Å². The Hall–Kier alpha value is -4.32. The molecule has 35 heavy (non-hydrogen) atoms. The van der Waals surface area contributed by atoms with Gasteiger partial charge in [-0.05, 0) is 28.8 Å². The van der Waals surface area contributed by atoms with E-state index in [2.05, 4.69) is 11.9 Å². The number of nitrogens with zero attached hydrogens (tertiary/aromatic N) is 2. The molecule has 0 aliphatic carbocycles. The van der Waals surface area contributed by atoms with E-state index in [4.69, 9.17) is 4.74 Å². The van der Waals surface area contributed by atoms with Gasteiger partial charge in [0.15, 0.2) is 0 Å². The Kier molecular flexibility index (Phi) is 6.35. The highest BCUT2D eigenvalue weighted by Gasteiger charge is 2.43. The predicted octanol–water partition coefficient (Wildman–Crippen LogP) is 4.81. The molecule has 2 aliphatic rings. The van der Waals surface area contributed by atoms with Gasteiger partial charge in [-0.25, -0.2) is 4.79 Å². The highest BCUT2D eigenvalue weighted by atomic mass is 16.5. The first kappa shape index (κ1) is 22.5. The topological polar surface area (TPSA) is 61.9 Å². The lowest BCUT2D eigenvalue weighted by Gasteiger charge is -2.33. The summed E-state index contributed by atoms with van der Waals surface area (Å²) in [6.45, 7) is 5.42. The summed E-state index contributed by atoms with van der Waals surface area (Å²) in [5.74, 6) is 0.612. The fourth-order valence-corrected chi connectivity index (χ4v) is 4.58. The second-order valence-corrected chi connectivity index (χ2v) is 8.64. The van der Waals surface area contributed by atoms with Crippen LogP contribution in [0.25, 0.3) is 0 Å². The summed E-state index contributed by atoms with van der Waals surface area (Å²) in [5, 5.41) is 3.03. The normalized spacial score (nSPS) is 17.3. The van der Waals surface area contributed by atoms with Crippen molar-refractivity contribution in [2.75, 3.05) is 13.1 Å². The second kappa shape index (κ2) is 9.89. The number of hydrogen-bond acceptors (Lipinski definition) is 3. The number of rotatable bonds is 8. The van der Waals surface area contributed by atoms with Crippen LogP contribution in [0.5, 0.6) is 5.75 Å². The zero-order valence-electron chi connectivity index (χ0n) is 19.4. The second-order valence-electron chi connectivity index (χ2n) is 8.64. The van der Waals surface area contributed by atoms with Crippen molar-refractivity contribution in [3.8, 4) is 5.75 Å². The van der Waals surface area contributed by atoms with E-state index in [1.807, 2.05) is 84.9 Å². The van der Waals surface area contributed by atoms with Gasteiger partial charge in [0.2, 0.25) is 0 Å². The van der Waals surface area contributed by atoms with Crippen molar-refractivity contribution in [2.45, 2.75) is 19.2 Å². The van der Waals surface area contributed by atoms with Crippen LogP contribution in [-0.4, -0.2) is 34.8 Å². The van der Waals surface area contributed by atoms with Crippen LogP contribution in [0.1, 0.15) is 22.7 Å². The maximum absolute atomic E-state index is 13.6. The van der Waals surface area contributed by atoms with Crippen molar-refractivity contribution in [1.29, 1.82) is 0 Å². The maximum Gasteiger partial charge on any atom is 0.322 e. The molecule has 3 aromatic carbocycles. The number of ether oxygens (including phenoxy) is 1. The highest BCUT2D eigenvalue weighted by Crippen LogP contribution is 2.37. The third kappa shape index (κ3) is 4.68. The van der Waals surface area contributed by atoms with Crippen LogP contribution in [0.2, 0.25) is 0 Å². The van der Waals surface area contributed by atoms with Gasteiger partial charge in [-0.15, -0.1) is 6.58 Å². The van der Waals surface area contributed by atoms with E-state index in [1.165, 1.54) is 0 Å². The van der Waals surface area contributed by atoms with Gasteiger partial charge >= 0.3 is 6.03 Å². The summed E-state index contributed by atoms with van der Waals surface area (Å²) in [4.78, 5) is 30.1. The quantitative estimate of drug-likeness (QED) is 0.486. The number of hydrogen-bond donors (Lipinski definition) is 1. The summed E-state index contributed by atoms with van der Waals surface area (Å²) in [6.07, 6.45) is 1.67. The first-order valence-corrected chi connectivity index (χ1v) is 11.7. The number of carbonyl (C=O) groups is 2. The largest absolute Gasteiger partial charge is 0.489 e. The van der Waals surface area contributed by atoms with Crippen molar-refractivity contribution in [1.82, 2.24) is 15.1 Å². The zero-order chi connectivity index (χ0) is 24.2. The van der Waals surface area contributed by atoms with Crippen molar-refractivity contribution >= 4 is 11.9 Å². The van der Waals surface area contributed by atoms with Gasteiger partial charge in [-0.2, -0.15) is 0 Å². The number of carbonyl (C=O) groups excluding carboxylic acids is 2. The van der Waals surface area contributed by atoms with Gasteiger partial charge in [0.05, 0.1) is 23.9 Å². The minimum atomic E-state index is -0.549. The van der Waals surface area contributed by atoms with E-state index in [1.54, 1.807) is 15.9 Å². The lowest BCUT2D eigenvalue weighted by atomic mass is 9.95. The Morgan fingerprint density at radius 3 is 2.37 bits per heavy atom. The molecular formula is C29H27N3O3. The highest BCUT2D eigenvalue weighted by molar-refractivity contribution is 6.01. The molecule has 6 heteroatoms. The monoisotopic (exact) mass is 465 g/mol. The summed E-state index contributed by atoms with van der Waals surface area (Å²) < 4.78 is 6.00. The molecule has 0 unspecified atom stereocenters. The first-order valence-electron chi connectivity index (χ1n) is 11.7. The first-order chi connectivity index (χ1) is 17.1. The molecule has 0 bridgehead atoms. The Balaban J connectivity index is 1.43. The molecule has 0 fully saturated rings. The number of urea groups is 1. The lowest BCUT2D eigenvalue weighted by Crippen LogP contribution is -2.47. The fraction of sp³-hybridized carbons (Fsp3) is 0.172. The summed E-state index contributed by atoms with van der Waals surface area (Å²) >= 11 is 0. The van der Waals surface area contributed by atoms with Crippen molar-refractivity contribution in [3.63, 3.8) is 0 Å². The zero-order valence-corrected chi connectivity index (χ0v) is 19.4. The van der Waals surface area contributed by atoms with E-state index in [-0.39, 0.29) is 11.9 Å². The van der Waals surface area contributed by atoms with Gasteiger partial charge < -0.3 is 15.0 Å². The third-order valence-corrected chi connectivity index (χ3v) is 6.26. The Morgan fingerprint density at radius 2 is 1.66 bits per heavy atom. The molecule has 6 nitrogen and oxygen atoms in total. The third-order valence-electron chi connectivity index (χ3n) is 6.26. The van der Waals surface area contributed by atoms with Crippen LogP contribution in [0.15, 0.2) is 109 Å². The summed E-state index contributed by atoms with van der Waals surface area (Å²) in [5.41, 5.74) is 4.25. The summed E-state index contributed by atoms with van der Waals surface area (Å²) in [7, 11) is 0. The SMILES string of the molecule is C=CCN1C(=O)N[C@H](c2cccc(OCc3ccccc3)c2)C2=C1CN(Cc1ccccc1)C2=O. The van der Waals surface area contributed by atoms with Crippen LogP contribution in [-0.2, 0) is 17.9 Å². The van der Waals surface area contributed by atoms with Crippen LogP contribution >= 0.6 is 0 Å². The molecule has 2 heterocycles. The molecule has 0 aromatic heterocycles. The molecule has 2 aliphatic heterocycles. The molecule has 5 rings (SSSR count). The van der Waals surface area contributed by atoms with Gasteiger partial charge in [0.1, 0.15) is 12.4 Å². The molecule has 176 valence electrons. The summed E-state index contributed by atoms with van der Waals surface area (Å²) in [6, 6.07) is 26.6. The average molecular weight is 466 g/mol. The molecule has 0 saturated heterocycles. The molecule has 3 amide bonds. The van der Waals surface area contributed by atoms with Gasteiger partial charge in [-0.3, -0.25) is 9.69 Å². The molecule has 0 spiro atoms. The number of nitrogens with one attached hydrogen (secondary N) is 1. The Morgan fingerprint density at radius 1 is 0.943 bits per heavy atom. The van der Waals surface area contributed by atoms with Crippen molar-refractivity contribution < 1.29 is 14.3 Å². The van der Waals surface area contributed by atoms with E-state index in [9.17, 15) is 9.59 Å². The molecule has 0 radical (unpaired) electrons. The van der Waals surface area contributed by atoms with Gasteiger partial charge in [-0.1, -0.05) is 78.9 Å². The minimum absolute atomic E-state index is 0.0708. The predicted molar refractivity (Wildman–Crippen MR) is 134 cm³/mol. The number of amides is 3.